The van der Waals surface area contributed by atoms with Crippen LogP contribution in [-0.4, -0.2) is 15.4 Å². The Morgan fingerprint density at radius 2 is 2.50 bits per heavy atom. The normalized spacial score (nSPS) is 15.6. The zero-order valence-corrected chi connectivity index (χ0v) is 7.27. The fraction of sp³-hybridized carbons (Fsp3) is 0.500. The number of hydrogen-bond donors (Lipinski definition) is 1. The van der Waals surface area contributed by atoms with Crippen LogP contribution in [0.3, 0.4) is 0 Å². The van der Waals surface area contributed by atoms with Crippen molar-refractivity contribution in [3.8, 4) is 0 Å². The molecule has 0 aliphatic carbocycles. The van der Waals surface area contributed by atoms with Gasteiger partial charge in [-0.1, -0.05) is 34.2 Å². The molecule has 0 rings (SSSR count). The molecule has 0 aromatic rings. The summed E-state index contributed by atoms with van der Waals surface area (Å²) in [7, 11) is 0. The van der Waals surface area contributed by atoms with Gasteiger partial charge in [-0.3, -0.25) is 4.99 Å². The van der Waals surface area contributed by atoms with Crippen LogP contribution < -0.4 is 0 Å². The average molecular weight is 244 g/mol. The lowest BCUT2D eigenvalue weighted by molar-refractivity contribution is 1.10. The SMILES string of the molecule is CC(I)/N=C(/Cl)C=N. The largest absolute Gasteiger partial charge is 0.306 e. The predicted molar refractivity (Wildman–Crippen MR) is 45.6 cm³/mol. The van der Waals surface area contributed by atoms with Crippen molar-refractivity contribution in [1.82, 2.24) is 0 Å². The third kappa shape index (κ3) is 4.52. The van der Waals surface area contributed by atoms with Crippen molar-refractivity contribution in [3.63, 3.8) is 0 Å². The van der Waals surface area contributed by atoms with Gasteiger partial charge in [0.1, 0.15) is 9.22 Å². The highest BCUT2D eigenvalue weighted by Gasteiger charge is 1.89. The van der Waals surface area contributed by atoms with Crippen molar-refractivity contribution in [1.29, 1.82) is 5.41 Å². The van der Waals surface area contributed by atoms with E-state index in [9.17, 15) is 0 Å². The Morgan fingerprint density at radius 3 is 2.62 bits per heavy atom. The van der Waals surface area contributed by atoms with Gasteiger partial charge in [0, 0.05) is 0 Å². The lowest BCUT2D eigenvalue weighted by Gasteiger charge is -1.90. The molecule has 0 heterocycles. The van der Waals surface area contributed by atoms with Gasteiger partial charge in [0.2, 0.25) is 0 Å². The Balaban J connectivity index is 3.74. The number of rotatable bonds is 2. The van der Waals surface area contributed by atoms with Crippen LogP contribution in [0.1, 0.15) is 6.92 Å². The summed E-state index contributed by atoms with van der Waals surface area (Å²) in [4.78, 5) is 3.82. The Kier molecular flexibility index (Phi) is 4.45. The maximum absolute atomic E-state index is 6.61. The predicted octanol–water partition coefficient (Wildman–Crippen LogP) is 2.05. The third-order valence-corrected chi connectivity index (χ3v) is 0.906. The molecule has 2 nitrogen and oxygen atoms in total. The standard InChI is InChI=1S/C4H6ClIN2/c1-3(6)8-4(5)2-7/h2-3,7H,1H3/b7-2?,8-4+. The topological polar surface area (TPSA) is 36.2 Å². The van der Waals surface area contributed by atoms with E-state index in [1.807, 2.05) is 6.92 Å². The smallest absolute Gasteiger partial charge is 0.142 e. The molecule has 0 aliphatic rings. The van der Waals surface area contributed by atoms with Crippen molar-refractivity contribution in [2.24, 2.45) is 4.99 Å². The van der Waals surface area contributed by atoms with Gasteiger partial charge in [-0.05, 0) is 6.92 Å². The zero-order chi connectivity index (χ0) is 6.57. The highest BCUT2D eigenvalue weighted by atomic mass is 127. The third-order valence-electron chi connectivity index (χ3n) is 0.420. The second-order valence-electron chi connectivity index (χ2n) is 1.17. The van der Waals surface area contributed by atoms with E-state index >= 15 is 0 Å². The van der Waals surface area contributed by atoms with Crippen LogP contribution in [0.2, 0.25) is 0 Å². The summed E-state index contributed by atoms with van der Waals surface area (Å²) in [6.45, 7) is 1.90. The minimum atomic E-state index is 0.154. The molecule has 1 N–H and O–H groups in total. The summed E-state index contributed by atoms with van der Waals surface area (Å²) in [5.41, 5.74) is 0. The molecule has 0 radical (unpaired) electrons. The van der Waals surface area contributed by atoms with Crippen molar-refractivity contribution in [3.05, 3.63) is 0 Å². The van der Waals surface area contributed by atoms with Crippen LogP contribution >= 0.6 is 34.2 Å². The lowest BCUT2D eigenvalue weighted by atomic mass is 10.7. The first-order valence-electron chi connectivity index (χ1n) is 2.04. The van der Waals surface area contributed by atoms with Gasteiger partial charge >= 0.3 is 0 Å². The lowest BCUT2D eigenvalue weighted by Crippen LogP contribution is -1.91. The second kappa shape index (κ2) is 4.26. The molecule has 0 aromatic carbocycles. The van der Waals surface area contributed by atoms with Crippen LogP contribution in [0.25, 0.3) is 0 Å². The van der Waals surface area contributed by atoms with Crippen molar-refractivity contribution < 1.29 is 0 Å². The molecule has 0 fully saturated rings. The number of nitrogens with zero attached hydrogens (tertiary/aromatic N) is 1. The molecule has 0 spiro atoms. The Hall–Kier alpha value is 0.360. The molecule has 1 atom stereocenters. The van der Waals surface area contributed by atoms with Crippen molar-refractivity contribution >= 4 is 45.6 Å². The van der Waals surface area contributed by atoms with Crippen LogP contribution in [-0.2, 0) is 0 Å². The van der Waals surface area contributed by atoms with E-state index in [2.05, 4.69) is 27.6 Å². The van der Waals surface area contributed by atoms with E-state index in [4.69, 9.17) is 17.0 Å². The van der Waals surface area contributed by atoms with E-state index in [0.717, 1.165) is 6.21 Å². The van der Waals surface area contributed by atoms with Crippen LogP contribution in [0.15, 0.2) is 4.99 Å². The first-order chi connectivity index (χ1) is 3.66. The summed E-state index contributed by atoms with van der Waals surface area (Å²) < 4.78 is 0.154. The number of halogens is 2. The van der Waals surface area contributed by atoms with Gasteiger partial charge in [-0.25, -0.2) is 0 Å². The number of alkyl halides is 1. The molecule has 0 saturated carbocycles. The quantitative estimate of drug-likeness (QED) is 0.334. The molecule has 1 unspecified atom stereocenters. The molecule has 0 aromatic heterocycles. The molecule has 4 heteroatoms. The first-order valence-corrected chi connectivity index (χ1v) is 3.67. The summed E-state index contributed by atoms with van der Waals surface area (Å²) in [6, 6.07) is 0. The molecule has 0 amide bonds. The van der Waals surface area contributed by atoms with E-state index in [-0.39, 0.29) is 9.22 Å². The fourth-order valence-corrected chi connectivity index (χ4v) is 0.818. The monoisotopic (exact) mass is 244 g/mol. The minimum Gasteiger partial charge on any atom is -0.306 e. The number of aliphatic imine (C=N–C) groups is 1. The zero-order valence-electron chi connectivity index (χ0n) is 4.36. The van der Waals surface area contributed by atoms with E-state index in [1.54, 1.807) is 0 Å². The summed E-state index contributed by atoms with van der Waals surface area (Å²) in [5.74, 6) is 0. The van der Waals surface area contributed by atoms with E-state index in [1.165, 1.54) is 0 Å². The summed E-state index contributed by atoms with van der Waals surface area (Å²) in [5, 5.41) is 6.87. The molecule has 0 bridgehead atoms. The highest BCUT2D eigenvalue weighted by Crippen LogP contribution is 2.00. The Bertz CT molecular complexity index is 111. The molecule has 46 valence electrons. The molecular formula is C4H6ClIN2. The van der Waals surface area contributed by atoms with Gasteiger partial charge < -0.3 is 5.41 Å². The van der Waals surface area contributed by atoms with Gasteiger partial charge in [0.05, 0.1) is 6.21 Å². The Labute approximate surface area is 67.0 Å². The van der Waals surface area contributed by atoms with Gasteiger partial charge in [0.25, 0.3) is 0 Å². The minimum absolute atomic E-state index is 0.154. The fourth-order valence-electron chi connectivity index (χ4n) is 0.207. The van der Waals surface area contributed by atoms with Gasteiger partial charge in [-0.15, -0.1) is 0 Å². The molecule has 0 saturated heterocycles. The van der Waals surface area contributed by atoms with E-state index < -0.39 is 0 Å². The van der Waals surface area contributed by atoms with Crippen LogP contribution in [0, 0.1) is 5.41 Å². The van der Waals surface area contributed by atoms with Crippen molar-refractivity contribution in [2.75, 3.05) is 0 Å². The van der Waals surface area contributed by atoms with Crippen molar-refractivity contribution in [2.45, 2.75) is 11.0 Å². The second-order valence-corrected chi connectivity index (χ2v) is 3.36. The van der Waals surface area contributed by atoms with Gasteiger partial charge in [-0.2, -0.15) is 0 Å². The maximum Gasteiger partial charge on any atom is 0.142 e. The molecular weight excluding hydrogens is 238 g/mol. The Morgan fingerprint density at radius 1 is 2.00 bits per heavy atom. The summed E-state index contributed by atoms with van der Waals surface area (Å²) in [6.07, 6.45) is 1.02. The van der Waals surface area contributed by atoms with Crippen LogP contribution in [0.4, 0.5) is 0 Å². The summed E-state index contributed by atoms with van der Waals surface area (Å²) >= 11 is 7.47. The average Bonchev–Trinajstić information content (AvgIpc) is 1.65. The highest BCUT2D eigenvalue weighted by molar-refractivity contribution is 14.1. The number of nitrogens with one attached hydrogen (secondary N) is 1. The first kappa shape index (κ1) is 8.36. The maximum atomic E-state index is 6.61. The molecule has 8 heavy (non-hydrogen) atoms. The number of hydrogen-bond acceptors (Lipinski definition) is 2. The van der Waals surface area contributed by atoms with Crippen LogP contribution in [0.5, 0.6) is 0 Å². The van der Waals surface area contributed by atoms with Gasteiger partial charge in [0.15, 0.2) is 0 Å². The van der Waals surface area contributed by atoms with E-state index in [0.29, 0.717) is 0 Å². The molecule has 0 aliphatic heterocycles.